The fourth-order valence-electron chi connectivity index (χ4n) is 2.08. The van der Waals surface area contributed by atoms with Gasteiger partial charge in [-0.3, -0.25) is 4.79 Å². The number of benzene rings is 1. The van der Waals surface area contributed by atoms with Crippen LogP contribution in [0.4, 0.5) is 11.5 Å². The second-order valence-electron chi connectivity index (χ2n) is 5.48. The molecule has 122 valence electrons. The Kier molecular flexibility index (Phi) is 6.05. The van der Waals surface area contributed by atoms with Crippen molar-refractivity contribution in [1.82, 2.24) is 14.9 Å². The lowest BCUT2D eigenvalue weighted by Crippen LogP contribution is -2.21. The largest absolute Gasteiger partial charge is 0.368 e. The van der Waals surface area contributed by atoms with Crippen molar-refractivity contribution in [3.8, 4) is 0 Å². The normalized spacial score (nSPS) is 10.6. The van der Waals surface area contributed by atoms with Crippen molar-refractivity contribution in [3.63, 3.8) is 0 Å². The quantitative estimate of drug-likeness (QED) is 0.820. The molecule has 0 aliphatic rings. The summed E-state index contributed by atoms with van der Waals surface area (Å²) in [5.41, 5.74) is 2.21. The molecule has 2 rings (SSSR count). The summed E-state index contributed by atoms with van der Waals surface area (Å²) in [6.07, 6.45) is 3.93. The molecule has 0 radical (unpaired) electrons. The first-order valence-corrected chi connectivity index (χ1v) is 7.70. The molecular formula is C17H23N5O. The highest BCUT2D eigenvalue weighted by Crippen LogP contribution is 2.16. The Morgan fingerprint density at radius 1 is 1.17 bits per heavy atom. The van der Waals surface area contributed by atoms with Gasteiger partial charge < -0.3 is 15.5 Å². The zero-order chi connectivity index (χ0) is 16.7. The van der Waals surface area contributed by atoms with Crippen molar-refractivity contribution in [3.05, 3.63) is 47.9 Å². The second kappa shape index (κ2) is 8.24. The summed E-state index contributed by atoms with van der Waals surface area (Å²) in [7, 11) is 4.02. The van der Waals surface area contributed by atoms with Crippen LogP contribution in [0.25, 0.3) is 0 Å². The van der Waals surface area contributed by atoms with E-state index < -0.39 is 0 Å². The van der Waals surface area contributed by atoms with Crippen LogP contribution in [0.1, 0.15) is 23.0 Å². The van der Waals surface area contributed by atoms with Gasteiger partial charge in [-0.1, -0.05) is 25.1 Å². The van der Waals surface area contributed by atoms with Crippen LogP contribution in [0.5, 0.6) is 0 Å². The van der Waals surface area contributed by atoms with Gasteiger partial charge in [0, 0.05) is 18.8 Å². The molecule has 0 bridgehead atoms. The number of aryl methyl sites for hydroxylation is 1. The minimum Gasteiger partial charge on any atom is -0.368 e. The van der Waals surface area contributed by atoms with Gasteiger partial charge >= 0.3 is 0 Å². The van der Waals surface area contributed by atoms with Crippen LogP contribution in [-0.2, 0) is 6.42 Å². The lowest BCUT2D eigenvalue weighted by Gasteiger charge is -2.11. The molecule has 6 nitrogen and oxygen atoms in total. The maximum Gasteiger partial charge on any atom is 0.275 e. The van der Waals surface area contributed by atoms with Gasteiger partial charge in [-0.2, -0.15) is 0 Å². The SMILES string of the molecule is CCc1ccccc1NC(=O)c1cnc(NCCN(C)C)cn1. The third kappa shape index (κ3) is 5.03. The molecule has 0 fully saturated rings. The zero-order valence-electron chi connectivity index (χ0n) is 13.8. The first-order chi connectivity index (χ1) is 11.1. The van der Waals surface area contributed by atoms with Crippen molar-refractivity contribution in [1.29, 1.82) is 0 Å². The van der Waals surface area contributed by atoms with E-state index in [0.29, 0.717) is 11.5 Å². The molecule has 1 aromatic carbocycles. The monoisotopic (exact) mass is 313 g/mol. The molecule has 0 aliphatic carbocycles. The molecule has 0 atom stereocenters. The minimum absolute atomic E-state index is 0.252. The molecule has 23 heavy (non-hydrogen) atoms. The zero-order valence-corrected chi connectivity index (χ0v) is 13.8. The Morgan fingerprint density at radius 3 is 2.61 bits per heavy atom. The van der Waals surface area contributed by atoms with E-state index in [-0.39, 0.29) is 5.91 Å². The number of nitrogens with zero attached hydrogens (tertiary/aromatic N) is 3. The lowest BCUT2D eigenvalue weighted by molar-refractivity contribution is 0.102. The van der Waals surface area contributed by atoms with E-state index in [1.165, 1.54) is 6.20 Å². The highest BCUT2D eigenvalue weighted by Gasteiger charge is 2.10. The number of hydrogen-bond acceptors (Lipinski definition) is 5. The van der Waals surface area contributed by atoms with E-state index in [2.05, 4.69) is 32.4 Å². The van der Waals surface area contributed by atoms with Crippen molar-refractivity contribution in [2.75, 3.05) is 37.8 Å². The van der Waals surface area contributed by atoms with Gasteiger partial charge in [-0.15, -0.1) is 0 Å². The molecule has 1 amide bonds. The number of hydrogen-bond donors (Lipinski definition) is 2. The second-order valence-corrected chi connectivity index (χ2v) is 5.48. The average Bonchev–Trinajstić information content (AvgIpc) is 2.55. The third-order valence-electron chi connectivity index (χ3n) is 3.40. The van der Waals surface area contributed by atoms with E-state index in [9.17, 15) is 4.79 Å². The number of carbonyl (C=O) groups is 1. The minimum atomic E-state index is -0.252. The van der Waals surface area contributed by atoms with Gasteiger partial charge in [0.2, 0.25) is 0 Å². The number of anilines is 2. The van der Waals surface area contributed by atoms with Crippen LogP contribution in [0, 0.1) is 0 Å². The van der Waals surface area contributed by atoms with E-state index in [4.69, 9.17) is 0 Å². The van der Waals surface area contributed by atoms with Crippen molar-refractivity contribution >= 4 is 17.4 Å². The molecule has 0 spiro atoms. The summed E-state index contributed by atoms with van der Waals surface area (Å²) in [6.45, 7) is 3.73. The number of aromatic nitrogens is 2. The summed E-state index contributed by atoms with van der Waals surface area (Å²) in [4.78, 5) is 22.7. The number of amides is 1. The van der Waals surface area contributed by atoms with Crippen molar-refractivity contribution in [2.45, 2.75) is 13.3 Å². The average molecular weight is 313 g/mol. The first-order valence-electron chi connectivity index (χ1n) is 7.70. The Labute approximate surface area is 137 Å². The summed E-state index contributed by atoms with van der Waals surface area (Å²) in [5, 5.41) is 6.05. The lowest BCUT2D eigenvalue weighted by atomic mass is 10.1. The van der Waals surface area contributed by atoms with E-state index >= 15 is 0 Å². The topological polar surface area (TPSA) is 70.2 Å². The van der Waals surface area contributed by atoms with Gasteiger partial charge in [0.1, 0.15) is 11.5 Å². The molecule has 0 saturated heterocycles. The standard InChI is InChI=1S/C17H23N5O/c1-4-13-7-5-6-8-14(13)21-17(23)15-11-20-16(12-19-15)18-9-10-22(2)3/h5-8,11-12H,4,9-10H2,1-3H3,(H,18,20)(H,21,23). The first kappa shape index (κ1) is 16.9. The van der Waals surface area contributed by atoms with Gasteiger partial charge in [0.05, 0.1) is 12.4 Å². The molecule has 2 aromatic rings. The van der Waals surface area contributed by atoms with Gasteiger partial charge in [-0.25, -0.2) is 9.97 Å². The molecule has 2 N–H and O–H groups in total. The summed E-state index contributed by atoms with van der Waals surface area (Å²) in [6, 6.07) is 7.75. The Hall–Kier alpha value is -2.47. The molecule has 0 saturated carbocycles. The number of carbonyl (C=O) groups excluding carboxylic acids is 1. The molecular weight excluding hydrogens is 290 g/mol. The summed E-state index contributed by atoms with van der Waals surface area (Å²) < 4.78 is 0. The van der Waals surface area contributed by atoms with Crippen LogP contribution < -0.4 is 10.6 Å². The molecule has 0 aliphatic heterocycles. The summed E-state index contributed by atoms with van der Waals surface area (Å²) >= 11 is 0. The van der Waals surface area contributed by atoms with Crippen LogP contribution in [0.2, 0.25) is 0 Å². The molecule has 1 heterocycles. The number of para-hydroxylation sites is 1. The number of likely N-dealkylation sites (N-methyl/N-ethyl adjacent to an activating group) is 1. The number of nitrogens with one attached hydrogen (secondary N) is 2. The van der Waals surface area contributed by atoms with Gasteiger partial charge in [0.25, 0.3) is 5.91 Å². The predicted molar refractivity (Wildman–Crippen MR) is 92.8 cm³/mol. The summed E-state index contributed by atoms with van der Waals surface area (Å²) in [5.74, 6) is 0.413. The number of rotatable bonds is 7. The van der Waals surface area contributed by atoms with Gasteiger partial charge in [-0.05, 0) is 32.1 Å². The third-order valence-corrected chi connectivity index (χ3v) is 3.40. The van der Waals surface area contributed by atoms with Crippen LogP contribution in [-0.4, -0.2) is 48.0 Å². The van der Waals surface area contributed by atoms with Crippen LogP contribution in [0.3, 0.4) is 0 Å². The predicted octanol–water partition coefficient (Wildman–Crippen LogP) is 2.26. The fraction of sp³-hybridized carbons (Fsp3) is 0.353. The van der Waals surface area contributed by atoms with Crippen molar-refractivity contribution < 1.29 is 4.79 Å². The maximum atomic E-state index is 12.3. The molecule has 1 aromatic heterocycles. The molecule has 0 unspecified atom stereocenters. The van der Waals surface area contributed by atoms with E-state index in [0.717, 1.165) is 30.8 Å². The maximum absolute atomic E-state index is 12.3. The van der Waals surface area contributed by atoms with E-state index in [1.807, 2.05) is 38.4 Å². The highest BCUT2D eigenvalue weighted by atomic mass is 16.1. The van der Waals surface area contributed by atoms with Crippen LogP contribution >= 0.6 is 0 Å². The van der Waals surface area contributed by atoms with Crippen LogP contribution in [0.15, 0.2) is 36.7 Å². The van der Waals surface area contributed by atoms with Crippen molar-refractivity contribution in [2.24, 2.45) is 0 Å². The smallest absolute Gasteiger partial charge is 0.275 e. The van der Waals surface area contributed by atoms with E-state index in [1.54, 1.807) is 6.20 Å². The Balaban J connectivity index is 1.97. The van der Waals surface area contributed by atoms with Gasteiger partial charge in [0.15, 0.2) is 0 Å². The fourth-order valence-corrected chi connectivity index (χ4v) is 2.08. The Morgan fingerprint density at radius 2 is 1.96 bits per heavy atom. The molecule has 6 heteroatoms. The Bertz CT molecular complexity index is 640. The highest BCUT2D eigenvalue weighted by molar-refractivity contribution is 6.03.